The molecular formula is C15H27ClN2S. The number of thiophene rings is 1. The topological polar surface area (TPSA) is 15.3 Å². The summed E-state index contributed by atoms with van der Waals surface area (Å²) in [5.41, 5.74) is 0. The molecule has 4 heteroatoms. The fourth-order valence-corrected chi connectivity index (χ4v) is 3.54. The van der Waals surface area contributed by atoms with E-state index in [1.54, 1.807) is 0 Å². The summed E-state index contributed by atoms with van der Waals surface area (Å²) in [6, 6.07) is 5.17. The Hall–Kier alpha value is -0.0900. The molecule has 2 nitrogen and oxygen atoms in total. The van der Waals surface area contributed by atoms with Crippen molar-refractivity contribution < 1.29 is 0 Å². The lowest BCUT2D eigenvalue weighted by Crippen LogP contribution is -2.38. The quantitative estimate of drug-likeness (QED) is 0.892. The van der Waals surface area contributed by atoms with E-state index < -0.39 is 0 Å². The summed E-state index contributed by atoms with van der Waals surface area (Å²) in [7, 11) is 0. The van der Waals surface area contributed by atoms with E-state index in [1.807, 2.05) is 11.3 Å². The maximum Gasteiger partial charge on any atom is 0.0330 e. The van der Waals surface area contributed by atoms with Crippen molar-refractivity contribution in [3.8, 4) is 0 Å². The summed E-state index contributed by atoms with van der Waals surface area (Å²) in [6.07, 6.45) is 2.68. The van der Waals surface area contributed by atoms with Crippen molar-refractivity contribution in [1.82, 2.24) is 10.2 Å². The molecule has 1 aromatic rings. The molecule has 1 N–H and O–H groups in total. The van der Waals surface area contributed by atoms with Gasteiger partial charge in [-0.25, -0.2) is 0 Å². The Bertz CT molecular complexity index is 359. The minimum absolute atomic E-state index is 0. The number of rotatable bonds is 5. The van der Waals surface area contributed by atoms with Crippen LogP contribution in [-0.4, -0.2) is 30.6 Å². The van der Waals surface area contributed by atoms with Crippen molar-refractivity contribution in [1.29, 1.82) is 0 Å². The van der Waals surface area contributed by atoms with Gasteiger partial charge in [-0.3, -0.25) is 4.90 Å². The lowest BCUT2D eigenvalue weighted by molar-refractivity contribution is 0.163. The molecule has 0 unspecified atom stereocenters. The molecule has 2 rings (SSSR count). The van der Waals surface area contributed by atoms with Crippen molar-refractivity contribution in [2.75, 3.05) is 19.6 Å². The number of halogens is 1. The van der Waals surface area contributed by atoms with Crippen LogP contribution in [0.1, 0.15) is 36.4 Å². The SMILES string of the molecule is Cc1ccc(CN(CC2CCNCC2)C(C)C)s1.Cl. The summed E-state index contributed by atoms with van der Waals surface area (Å²) < 4.78 is 0. The van der Waals surface area contributed by atoms with Crippen molar-refractivity contribution >= 4 is 23.7 Å². The number of hydrogen-bond donors (Lipinski definition) is 1. The summed E-state index contributed by atoms with van der Waals surface area (Å²) in [5, 5.41) is 3.45. The summed E-state index contributed by atoms with van der Waals surface area (Å²) in [4.78, 5) is 5.58. The molecule has 0 aromatic carbocycles. The molecular weight excluding hydrogens is 276 g/mol. The Morgan fingerprint density at radius 1 is 1.32 bits per heavy atom. The molecule has 1 aliphatic heterocycles. The molecule has 0 spiro atoms. The van der Waals surface area contributed by atoms with Crippen LogP contribution >= 0.6 is 23.7 Å². The van der Waals surface area contributed by atoms with Crippen LogP contribution in [0.3, 0.4) is 0 Å². The van der Waals surface area contributed by atoms with Crippen LogP contribution in [0.5, 0.6) is 0 Å². The van der Waals surface area contributed by atoms with Gasteiger partial charge >= 0.3 is 0 Å². The largest absolute Gasteiger partial charge is 0.317 e. The normalized spacial score (nSPS) is 16.9. The number of nitrogens with one attached hydrogen (secondary N) is 1. The minimum Gasteiger partial charge on any atom is -0.317 e. The smallest absolute Gasteiger partial charge is 0.0330 e. The highest BCUT2D eigenvalue weighted by Gasteiger charge is 2.19. The summed E-state index contributed by atoms with van der Waals surface area (Å²) in [5.74, 6) is 0.884. The fourth-order valence-electron chi connectivity index (χ4n) is 2.62. The molecule has 1 aromatic heterocycles. The lowest BCUT2D eigenvalue weighted by atomic mass is 9.97. The number of aryl methyl sites for hydroxylation is 1. The second-order valence-electron chi connectivity index (χ2n) is 5.73. The Kier molecular flexibility index (Phi) is 7.37. The summed E-state index contributed by atoms with van der Waals surface area (Å²) >= 11 is 1.94. The predicted octanol–water partition coefficient (Wildman–Crippen LogP) is 3.69. The van der Waals surface area contributed by atoms with E-state index in [4.69, 9.17) is 0 Å². The molecule has 1 fully saturated rings. The highest BCUT2D eigenvalue weighted by Crippen LogP contribution is 2.21. The Labute approximate surface area is 128 Å². The van der Waals surface area contributed by atoms with Crippen LogP contribution in [0.15, 0.2) is 12.1 Å². The fraction of sp³-hybridized carbons (Fsp3) is 0.733. The molecule has 110 valence electrons. The molecule has 0 amide bonds. The van der Waals surface area contributed by atoms with Gasteiger partial charge in [0.05, 0.1) is 0 Å². The van der Waals surface area contributed by atoms with E-state index in [9.17, 15) is 0 Å². The molecule has 0 saturated carbocycles. The zero-order valence-corrected chi connectivity index (χ0v) is 13.9. The van der Waals surface area contributed by atoms with Crippen LogP contribution < -0.4 is 5.32 Å². The zero-order valence-electron chi connectivity index (χ0n) is 12.3. The van der Waals surface area contributed by atoms with Crippen LogP contribution in [0.4, 0.5) is 0 Å². The van der Waals surface area contributed by atoms with Gasteiger partial charge in [-0.1, -0.05) is 0 Å². The summed E-state index contributed by atoms with van der Waals surface area (Å²) in [6.45, 7) is 11.6. The number of nitrogens with zero attached hydrogens (tertiary/aromatic N) is 1. The number of piperidine rings is 1. The highest BCUT2D eigenvalue weighted by molar-refractivity contribution is 7.11. The Morgan fingerprint density at radius 2 is 2.00 bits per heavy atom. The van der Waals surface area contributed by atoms with Gasteiger partial charge in [0.15, 0.2) is 0 Å². The van der Waals surface area contributed by atoms with E-state index in [0.29, 0.717) is 6.04 Å². The molecule has 0 radical (unpaired) electrons. The van der Waals surface area contributed by atoms with Gasteiger partial charge in [0, 0.05) is 28.9 Å². The van der Waals surface area contributed by atoms with Gasteiger partial charge in [0.25, 0.3) is 0 Å². The average Bonchev–Trinajstić information content (AvgIpc) is 2.75. The van der Waals surface area contributed by atoms with Crippen molar-refractivity contribution in [3.63, 3.8) is 0 Å². The maximum atomic E-state index is 3.45. The van der Waals surface area contributed by atoms with Gasteiger partial charge in [0.1, 0.15) is 0 Å². The Morgan fingerprint density at radius 3 is 2.53 bits per heavy atom. The van der Waals surface area contributed by atoms with Gasteiger partial charge in [-0.05, 0) is 64.8 Å². The third-order valence-corrected chi connectivity index (χ3v) is 4.82. The first-order chi connectivity index (χ1) is 8.65. The minimum atomic E-state index is 0. The van der Waals surface area contributed by atoms with E-state index in [0.717, 1.165) is 12.5 Å². The molecule has 1 aliphatic rings. The first kappa shape index (κ1) is 17.0. The maximum absolute atomic E-state index is 3.45. The molecule has 0 aliphatic carbocycles. The first-order valence-corrected chi connectivity index (χ1v) is 7.97. The highest BCUT2D eigenvalue weighted by atomic mass is 35.5. The predicted molar refractivity (Wildman–Crippen MR) is 87.4 cm³/mol. The second-order valence-corrected chi connectivity index (χ2v) is 7.10. The standard InChI is InChI=1S/C15H26N2S.ClH/c1-12(2)17(10-14-6-8-16-9-7-14)11-15-5-4-13(3)18-15;/h4-5,12,14,16H,6-11H2,1-3H3;1H. The molecule has 0 bridgehead atoms. The lowest BCUT2D eigenvalue weighted by Gasteiger charge is -2.32. The van der Waals surface area contributed by atoms with E-state index in [2.05, 4.69) is 43.1 Å². The number of hydrogen-bond acceptors (Lipinski definition) is 3. The molecule has 0 atom stereocenters. The van der Waals surface area contributed by atoms with Gasteiger partial charge in [-0.15, -0.1) is 23.7 Å². The van der Waals surface area contributed by atoms with Crippen LogP contribution in [0.25, 0.3) is 0 Å². The van der Waals surface area contributed by atoms with E-state index in [1.165, 1.54) is 42.2 Å². The molecule has 1 saturated heterocycles. The van der Waals surface area contributed by atoms with E-state index in [-0.39, 0.29) is 12.4 Å². The zero-order chi connectivity index (χ0) is 13.0. The van der Waals surface area contributed by atoms with Crippen molar-refractivity contribution in [2.24, 2.45) is 5.92 Å². The van der Waals surface area contributed by atoms with Crippen LogP contribution in [-0.2, 0) is 6.54 Å². The average molecular weight is 303 g/mol. The molecule has 2 heterocycles. The van der Waals surface area contributed by atoms with Gasteiger partial charge in [0.2, 0.25) is 0 Å². The van der Waals surface area contributed by atoms with Crippen LogP contribution in [0, 0.1) is 12.8 Å². The van der Waals surface area contributed by atoms with Gasteiger partial charge < -0.3 is 5.32 Å². The van der Waals surface area contributed by atoms with Gasteiger partial charge in [-0.2, -0.15) is 0 Å². The molecule has 19 heavy (non-hydrogen) atoms. The second kappa shape index (κ2) is 8.25. The monoisotopic (exact) mass is 302 g/mol. The first-order valence-electron chi connectivity index (χ1n) is 7.15. The van der Waals surface area contributed by atoms with Crippen molar-refractivity contribution in [2.45, 2.75) is 46.2 Å². The third-order valence-electron chi connectivity index (χ3n) is 3.84. The Balaban J connectivity index is 0.00000180. The van der Waals surface area contributed by atoms with Crippen LogP contribution in [0.2, 0.25) is 0 Å². The van der Waals surface area contributed by atoms with E-state index >= 15 is 0 Å². The third kappa shape index (κ3) is 5.42. The van der Waals surface area contributed by atoms with Crippen molar-refractivity contribution in [3.05, 3.63) is 21.9 Å².